The summed E-state index contributed by atoms with van der Waals surface area (Å²) >= 11 is 9.17. The van der Waals surface area contributed by atoms with Crippen LogP contribution in [0, 0.1) is 0 Å². The minimum atomic E-state index is -0.343. The largest absolute Gasteiger partial charge is 0.483 e. The minimum Gasteiger partial charge on any atom is -0.483 e. The molecule has 124 valence electrons. The lowest BCUT2D eigenvalue weighted by molar-refractivity contribution is -0.123. The van der Waals surface area contributed by atoms with Gasteiger partial charge in [-0.25, -0.2) is 5.43 Å². The Labute approximate surface area is 154 Å². The highest BCUT2D eigenvalue weighted by Crippen LogP contribution is 2.27. The molecule has 0 unspecified atom stereocenters. The van der Waals surface area contributed by atoms with E-state index < -0.39 is 0 Å². The molecule has 0 saturated heterocycles. The number of hydrogen-bond donors (Lipinski definition) is 1. The molecule has 2 aromatic carbocycles. The molecule has 0 bridgehead atoms. The van der Waals surface area contributed by atoms with Gasteiger partial charge in [-0.05, 0) is 52.7 Å². The first-order valence-electron chi connectivity index (χ1n) is 7.19. The van der Waals surface area contributed by atoms with Crippen LogP contribution >= 0.6 is 27.5 Å². The second-order valence-electron chi connectivity index (χ2n) is 4.90. The lowest BCUT2D eigenvalue weighted by Crippen LogP contribution is -2.25. The van der Waals surface area contributed by atoms with Gasteiger partial charge in [0.25, 0.3) is 5.91 Å². The van der Waals surface area contributed by atoms with Crippen molar-refractivity contribution < 1.29 is 9.53 Å². The van der Waals surface area contributed by atoms with Crippen LogP contribution in [0.2, 0.25) is 5.02 Å². The number of hydrogen-bond acceptors (Lipinski definition) is 3. The van der Waals surface area contributed by atoms with Crippen LogP contribution in [-0.4, -0.2) is 18.2 Å². The van der Waals surface area contributed by atoms with Crippen LogP contribution in [0.25, 0.3) is 6.08 Å². The van der Waals surface area contributed by atoms with Crippen molar-refractivity contribution in [2.24, 2.45) is 5.10 Å². The molecular formula is C18H16BrClN2O2. The van der Waals surface area contributed by atoms with Gasteiger partial charge in [-0.3, -0.25) is 4.79 Å². The Bertz CT molecular complexity index is 761. The van der Waals surface area contributed by atoms with Crippen LogP contribution in [0.4, 0.5) is 0 Å². The summed E-state index contributed by atoms with van der Waals surface area (Å²) in [7, 11) is 0. The fourth-order valence-electron chi connectivity index (χ4n) is 1.74. The molecule has 4 nitrogen and oxygen atoms in total. The Morgan fingerprint density at radius 1 is 1.29 bits per heavy atom. The third-order valence-corrected chi connectivity index (χ3v) is 3.78. The Hall–Kier alpha value is -2.11. The van der Waals surface area contributed by atoms with Crippen molar-refractivity contribution in [3.05, 3.63) is 69.7 Å². The summed E-state index contributed by atoms with van der Waals surface area (Å²) in [5.74, 6) is 0.198. The quantitative estimate of drug-likeness (QED) is 0.558. The Kier molecular flexibility index (Phi) is 7.03. The van der Waals surface area contributed by atoms with Crippen LogP contribution in [0.3, 0.4) is 0 Å². The molecule has 0 spiro atoms. The Morgan fingerprint density at radius 2 is 2.04 bits per heavy atom. The van der Waals surface area contributed by atoms with Gasteiger partial charge in [0, 0.05) is 5.02 Å². The topological polar surface area (TPSA) is 50.7 Å². The van der Waals surface area contributed by atoms with Crippen molar-refractivity contribution in [1.82, 2.24) is 5.43 Å². The summed E-state index contributed by atoms with van der Waals surface area (Å²) in [6.45, 7) is 1.66. The third-order valence-electron chi connectivity index (χ3n) is 2.93. The molecule has 0 radical (unpaired) electrons. The van der Waals surface area contributed by atoms with Crippen LogP contribution < -0.4 is 10.2 Å². The molecular weight excluding hydrogens is 392 g/mol. The molecule has 1 N–H and O–H groups in total. The molecule has 0 atom stereocenters. The van der Waals surface area contributed by atoms with E-state index in [1.54, 1.807) is 25.1 Å². The van der Waals surface area contributed by atoms with E-state index in [0.29, 0.717) is 21.0 Å². The van der Waals surface area contributed by atoms with Gasteiger partial charge in [0.05, 0.1) is 10.2 Å². The van der Waals surface area contributed by atoms with Gasteiger partial charge in [-0.2, -0.15) is 5.10 Å². The predicted molar refractivity (Wildman–Crippen MR) is 101 cm³/mol. The molecule has 0 saturated carbocycles. The maximum absolute atomic E-state index is 11.8. The van der Waals surface area contributed by atoms with Gasteiger partial charge in [-0.1, -0.05) is 48.0 Å². The zero-order valence-electron chi connectivity index (χ0n) is 13.0. The van der Waals surface area contributed by atoms with Crippen LogP contribution in [0.1, 0.15) is 12.5 Å². The maximum atomic E-state index is 11.8. The van der Waals surface area contributed by atoms with Crippen molar-refractivity contribution in [3.63, 3.8) is 0 Å². The smallest absolute Gasteiger partial charge is 0.277 e. The molecule has 0 fully saturated rings. The number of benzene rings is 2. The van der Waals surface area contributed by atoms with Crippen LogP contribution in [0.15, 0.2) is 64.2 Å². The summed E-state index contributed by atoms with van der Waals surface area (Å²) < 4.78 is 6.10. The fraction of sp³-hybridized carbons (Fsp3) is 0.111. The molecule has 1 amide bonds. The number of carbonyl (C=O) groups is 1. The molecule has 0 aliphatic carbocycles. The van der Waals surface area contributed by atoms with Gasteiger partial charge in [-0.15, -0.1) is 0 Å². The fourth-order valence-corrected chi connectivity index (χ4v) is 2.53. The summed E-state index contributed by atoms with van der Waals surface area (Å²) in [5, 5.41) is 4.59. The van der Waals surface area contributed by atoms with E-state index in [1.165, 1.54) is 0 Å². The monoisotopic (exact) mass is 406 g/mol. The Balaban J connectivity index is 1.82. The first-order valence-corrected chi connectivity index (χ1v) is 8.36. The van der Waals surface area contributed by atoms with Crippen molar-refractivity contribution in [2.75, 3.05) is 6.61 Å². The van der Waals surface area contributed by atoms with Gasteiger partial charge < -0.3 is 4.74 Å². The highest BCUT2D eigenvalue weighted by atomic mass is 79.9. The van der Waals surface area contributed by atoms with Crippen molar-refractivity contribution in [1.29, 1.82) is 0 Å². The number of nitrogens with zero attached hydrogens (tertiary/aromatic N) is 1. The second-order valence-corrected chi connectivity index (χ2v) is 6.19. The van der Waals surface area contributed by atoms with Gasteiger partial charge >= 0.3 is 0 Å². The summed E-state index contributed by atoms with van der Waals surface area (Å²) in [4.78, 5) is 11.8. The summed E-state index contributed by atoms with van der Waals surface area (Å²) in [6.07, 6.45) is 3.75. The van der Waals surface area contributed by atoms with E-state index in [1.807, 2.05) is 42.5 Å². The number of halogens is 2. The number of ether oxygens (including phenoxy) is 1. The minimum absolute atomic E-state index is 0.139. The molecule has 2 rings (SSSR count). The van der Waals surface area contributed by atoms with Crippen LogP contribution in [-0.2, 0) is 4.79 Å². The Morgan fingerprint density at radius 3 is 2.75 bits per heavy atom. The van der Waals surface area contributed by atoms with E-state index in [4.69, 9.17) is 16.3 Å². The van der Waals surface area contributed by atoms with E-state index in [2.05, 4.69) is 26.5 Å². The summed E-state index contributed by atoms with van der Waals surface area (Å²) in [5.41, 5.74) is 4.20. The van der Waals surface area contributed by atoms with Gasteiger partial charge in [0.1, 0.15) is 5.75 Å². The van der Waals surface area contributed by atoms with Crippen LogP contribution in [0.5, 0.6) is 5.75 Å². The molecule has 2 aromatic rings. The molecule has 0 aliphatic rings. The number of rotatable bonds is 6. The molecule has 6 heteroatoms. The highest BCUT2D eigenvalue weighted by Gasteiger charge is 2.05. The lowest BCUT2D eigenvalue weighted by Gasteiger charge is -2.07. The number of nitrogens with one attached hydrogen (secondary N) is 1. The van der Waals surface area contributed by atoms with Gasteiger partial charge in [0.2, 0.25) is 0 Å². The average Bonchev–Trinajstić information content (AvgIpc) is 2.58. The zero-order valence-corrected chi connectivity index (χ0v) is 15.3. The molecule has 0 heterocycles. The van der Waals surface area contributed by atoms with E-state index >= 15 is 0 Å². The van der Waals surface area contributed by atoms with E-state index in [0.717, 1.165) is 5.56 Å². The third kappa shape index (κ3) is 6.18. The molecule has 24 heavy (non-hydrogen) atoms. The van der Waals surface area contributed by atoms with Crippen molar-refractivity contribution in [2.45, 2.75) is 6.92 Å². The number of hydrazone groups is 1. The summed E-state index contributed by atoms with van der Waals surface area (Å²) in [6, 6.07) is 14.9. The number of carbonyl (C=O) groups excluding carboxylic acids is 1. The number of allylic oxidation sites excluding steroid dienone is 1. The zero-order chi connectivity index (χ0) is 17.4. The normalized spacial score (nSPS) is 11.5. The second kappa shape index (κ2) is 9.25. The van der Waals surface area contributed by atoms with Crippen molar-refractivity contribution >= 4 is 45.2 Å². The first kappa shape index (κ1) is 18.2. The standard InChI is InChI=1S/C18H16BrClN2O2/c1-13(7-8-14-5-3-2-4-6-14)21-22-18(23)12-24-17-10-9-15(20)11-16(17)19/h2-11H,12H2,1H3,(H,22,23). The predicted octanol–water partition coefficient (Wildman–Crippen LogP) is 4.69. The lowest BCUT2D eigenvalue weighted by atomic mass is 10.2. The van der Waals surface area contributed by atoms with E-state index in [-0.39, 0.29) is 12.5 Å². The maximum Gasteiger partial charge on any atom is 0.277 e. The first-order chi connectivity index (χ1) is 11.5. The SMILES string of the molecule is CC(C=Cc1ccccc1)=NNC(=O)COc1ccc(Cl)cc1Br. The molecule has 0 aliphatic heterocycles. The van der Waals surface area contributed by atoms with Crippen molar-refractivity contribution in [3.8, 4) is 5.75 Å². The average molecular weight is 408 g/mol. The highest BCUT2D eigenvalue weighted by molar-refractivity contribution is 9.10. The van der Waals surface area contributed by atoms with Gasteiger partial charge in [0.15, 0.2) is 6.61 Å². The van der Waals surface area contributed by atoms with E-state index in [9.17, 15) is 4.79 Å². The molecule has 0 aromatic heterocycles. The number of amides is 1.